The molecule has 0 aromatic heterocycles. The molecule has 0 heterocycles. The van der Waals surface area contributed by atoms with E-state index >= 15 is 0 Å². The number of carbonyl (C=O) groups excluding carboxylic acids is 1. The number of carbonyl (C=O) groups is 1. The second kappa shape index (κ2) is 8.57. The predicted octanol–water partition coefficient (Wildman–Crippen LogP) is 3.19. The molecule has 1 N–H and O–H groups in total. The van der Waals surface area contributed by atoms with Gasteiger partial charge in [0.1, 0.15) is 0 Å². The number of rotatable bonds is 7. The molecule has 1 saturated carbocycles. The van der Waals surface area contributed by atoms with Crippen LogP contribution in [0.25, 0.3) is 0 Å². The van der Waals surface area contributed by atoms with Crippen molar-refractivity contribution in [2.24, 2.45) is 5.92 Å². The van der Waals surface area contributed by atoms with Crippen LogP contribution in [0.15, 0.2) is 0 Å². The van der Waals surface area contributed by atoms with Gasteiger partial charge in [0.15, 0.2) is 0 Å². The molecule has 1 unspecified atom stereocenters. The van der Waals surface area contributed by atoms with Gasteiger partial charge in [-0.15, -0.1) is 0 Å². The molecule has 0 radical (unpaired) electrons. The number of nitrogens with zero attached hydrogens (tertiary/aromatic N) is 1. The molecular weight excluding hydrogens is 236 g/mol. The molecule has 112 valence electrons. The van der Waals surface area contributed by atoms with E-state index in [0.29, 0.717) is 6.04 Å². The van der Waals surface area contributed by atoms with E-state index < -0.39 is 0 Å². The lowest BCUT2D eigenvalue weighted by molar-refractivity contribution is -0.132. The average molecular weight is 268 g/mol. The summed E-state index contributed by atoms with van der Waals surface area (Å²) in [5, 5.41) is 3.54. The van der Waals surface area contributed by atoms with Crippen LogP contribution in [0, 0.1) is 5.92 Å². The smallest absolute Gasteiger partial charge is 0.239 e. The lowest BCUT2D eigenvalue weighted by atomic mass is 9.83. The average Bonchev–Trinajstić information content (AvgIpc) is 2.42. The molecular formula is C16H32N2O. The van der Waals surface area contributed by atoms with Gasteiger partial charge in [0.05, 0.1) is 6.04 Å². The van der Waals surface area contributed by atoms with Gasteiger partial charge in [-0.2, -0.15) is 0 Å². The summed E-state index contributed by atoms with van der Waals surface area (Å²) in [7, 11) is 0. The van der Waals surface area contributed by atoms with Crippen LogP contribution in [-0.4, -0.2) is 36.0 Å². The number of nitrogens with one attached hydrogen (secondary N) is 1. The van der Waals surface area contributed by atoms with Crippen molar-refractivity contribution in [3.05, 3.63) is 0 Å². The highest BCUT2D eigenvalue weighted by atomic mass is 16.2. The van der Waals surface area contributed by atoms with E-state index in [2.05, 4.69) is 12.2 Å². The number of hydrogen-bond acceptors (Lipinski definition) is 2. The number of hydrogen-bond donors (Lipinski definition) is 1. The van der Waals surface area contributed by atoms with Gasteiger partial charge in [-0.3, -0.25) is 4.79 Å². The molecule has 19 heavy (non-hydrogen) atoms. The fraction of sp³-hybridized carbons (Fsp3) is 0.938. The first kappa shape index (κ1) is 16.5. The van der Waals surface area contributed by atoms with Crippen LogP contribution in [0.2, 0.25) is 0 Å². The lowest BCUT2D eigenvalue weighted by Gasteiger charge is -2.32. The Kier molecular flexibility index (Phi) is 7.44. The van der Waals surface area contributed by atoms with Crippen molar-refractivity contribution in [2.75, 3.05) is 13.1 Å². The van der Waals surface area contributed by atoms with Crippen LogP contribution < -0.4 is 5.32 Å². The second-order valence-electron chi connectivity index (χ2n) is 5.91. The minimum absolute atomic E-state index is 0.0346. The molecule has 0 spiro atoms. The van der Waals surface area contributed by atoms with Crippen molar-refractivity contribution in [3.63, 3.8) is 0 Å². The molecule has 1 rings (SSSR count). The molecule has 0 aromatic carbocycles. The van der Waals surface area contributed by atoms with Gasteiger partial charge in [0.25, 0.3) is 0 Å². The SMILES string of the molecule is CCCC1CCC(NC(C)C(=O)N(CC)CC)CC1. The molecule has 0 aromatic rings. The molecule has 1 aliphatic carbocycles. The molecule has 1 atom stereocenters. The van der Waals surface area contributed by atoms with E-state index in [4.69, 9.17) is 0 Å². The van der Waals surface area contributed by atoms with Gasteiger partial charge in [-0.05, 0) is 52.4 Å². The Morgan fingerprint density at radius 1 is 1.16 bits per heavy atom. The van der Waals surface area contributed by atoms with Gasteiger partial charge in [0, 0.05) is 19.1 Å². The van der Waals surface area contributed by atoms with Crippen LogP contribution in [0.3, 0.4) is 0 Å². The monoisotopic (exact) mass is 268 g/mol. The Labute approximate surface area is 119 Å². The maximum atomic E-state index is 12.2. The normalized spacial score (nSPS) is 25.1. The fourth-order valence-electron chi connectivity index (χ4n) is 3.26. The molecule has 3 nitrogen and oxygen atoms in total. The highest BCUT2D eigenvalue weighted by molar-refractivity contribution is 5.81. The summed E-state index contributed by atoms with van der Waals surface area (Å²) < 4.78 is 0. The quantitative estimate of drug-likeness (QED) is 0.769. The van der Waals surface area contributed by atoms with Crippen molar-refractivity contribution in [1.82, 2.24) is 10.2 Å². The lowest BCUT2D eigenvalue weighted by Crippen LogP contribution is -2.49. The molecule has 1 amide bonds. The third-order valence-corrected chi connectivity index (χ3v) is 4.47. The third-order valence-electron chi connectivity index (χ3n) is 4.47. The van der Waals surface area contributed by atoms with Crippen molar-refractivity contribution in [2.45, 2.75) is 78.3 Å². The summed E-state index contributed by atoms with van der Waals surface area (Å²) in [5.74, 6) is 1.18. The van der Waals surface area contributed by atoms with E-state index in [-0.39, 0.29) is 11.9 Å². The Balaban J connectivity index is 2.33. The van der Waals surface area contributed by atoms with Gasteiger partial charge >= 0.3 is 0 Å². The Morgan fingerprint density at radius 2 is 1.74 bits per heavy atom. The van der Waals surface area contributed by atoms with Crippen LogP contribution >= 0.6 is 0 Å². The molecule has 0 aliphatic heterocycles. The van der Waals surface area contributed by atoms with Crippen molar-refractivity contribution >= 4 is 5.91 Å². The maximum absolute atomic E-state index is 12.2. The standard InChI is InChI=1S/C16H32N2O/c1-5-8-14-9-11-15(12-10-14)17-13(4)16(19)18(6-2)7-3/h13-15,17H,5-12H2,1-4H3. The van der Waals surface area contributed by atoms with Crippen LogP contribution in [0.4, 0.5) is 0 Å². The van der Waals surface area contributed by atoms with Gasteiger partial charge in [-0.1, -0.05) is 19.8 Å². The van der Waals surface area contributed by atoms with E-state index in [1.165, 1.54) is 38.5 Å². The van der Waals surface area contributed by atoms with E-state index in [9.17, 15) is 4.79 Å². The van der Waals surface area contributed by atoms with E-state index in [1.54, 1.807) is 0 Å². The first-order valence-electron chi connectivity index (χ1n) is 8.17. The zero-order chi connectivity index (χ0) is 14.3. The summed E-state index contributed by atoms with van der Waals surface area (Å²) >= 11 is 0. The molecule has 0 saturated heterocycles. The Bertz CT molecular complexity index is 255. The van der Waals surface area contributed by atoms with Crippen LogP contribution in [0.1, 0.15) is 66.2 Å². The van der Waals surface area contributed by atoms with E-state index in [1.807, 2.05) is 25.7 Å². The highest BCUT2D eigenvalue weighted by Gasteiger charge is 2.25. The first-order valence-corrected chi connectivity index (χ1v) is 8.17. The Morgan fingerprint density at radius 3 is 2.21 bits per heavy atom. The van der Waals surface area contributed by atoms with E-state index in [0.717, 1.165) is 19.0 Å². The maximum Gasteiger partial charge on any atom is 0.239 e. The largest absolute Gasteiger partial charge is 0.342 e. The summed E-state index contributed by atoms with van der Waals surface area (Å²) in [4.78, 5) is 14.1. The summed E-state index contributed by atoms with van der Waals surface area (Å²) in [6.45, 7) is 10.00. The topological polar surface area (TPSA) is 32.3 Å². The molecule has 3 heteroatoms. The minimum Gasteiger partial charge on any atom is -0.342 e. The highest BCUT2D eigenvalue weighted by Crippen LogP contribution is 2.27. The summed E-state index contributed by atoms with van der Waals surface area (Å²) in [6, 6.07) is 0.509. The summed E-state index contributed by atoms with van der Waals surface area (Å²) in [6.07, 6.45) is 7.82. The van der Waals surface area contributed by atoms with Crippen molar-refractivity contribution < 1.29 is 4.79 Å². The van der Waals surface area contributed by atoms with Crippen LogP contribution in [-0.2, 0) is 4.79 Å². The van der Waals surface area contributed by atoms with Crippen molar-refractivity contribution in [3.8, 4) is 0 Å². The molecule has 1 aliphatic rings. The third kappa shape index (κ3) is 5.13. The molecule has 1 fully saturated rings. The Hall–Kier alpha value is -0.570. The number of amides is 1. The first-order chi connectivity index (χ1) is 9.12. The van der Waals surface area contributed by atoms with Gasteiger partial charge in [-0.25, -0.2) is 0 Å². The second-order valence-corrected chi connectivity index (χ2v) is 5.91. The predicted molar refractivity (Wildman–Crippen MR) is 81.2 cm³/mol. The molecule has 0 bridgehead atoms. The van der Waals surface area contributed by atoms with Gasteiger partial charge < -0.3 is 10.2 Å². The minimum atomic E-state index is -0.0346. The van der Waals surface area contributed by atoms with Gasteiger partial charge in [0.2, 0.25) is 5.91 Å². The van der Waals surface area contributed by atoms with Crippen molar-refractivity contribution in [1.29, 1.82) is 0 Å². The zero-order valence-corrected chi connectivity index (χ0v) is 13.2. The number of likely N-dealkylation sites (N-methyl/N-ethyl adjacent to an activating group) is 1. The van der Waals surface area contributed by atoms with Crippen LogP contribution in [0.5, 0.6) is 0 Å². The fourth-order valence-corrected chi connectivity index (χ4v) is 3.26. The summed E-state index contributed by atoms with van der Waals surface area (Å²) in [5.41, 5.74) is 0. The zero-order valence-electron chi connectivity index (χ0n) is 13.2.